The monoisotopic (exact) mass is 1010 g/mol. The fraction of sp³-hybridized carbons (Fsp3) is 0. The van der Waals surface area contributed by atoms with Crippen molar-refractivity contribution in [2.75, 3.05) is 0 Å². The van der Waals surface area contributed by atoms with Gasteiger partial charge in [-0.25, -0.2) is 0 Å². The third kappa shape index (κ3) is 9.15. The van der Waals surface area contributed by atoms with Gasteiger partial charge in [0.2, 0.25) is 0 Å². The Morgan fingerprint density at radius 1 is 0.215 bits per heavy atom. The van der Waals surface area contributed by atoms with Crippen LogP contribution in [0.1, 0.15) is 0 Å². The van der Waals surface area contributed by atoms with Gasteiger partial charge < -0.3 is 4.42 Å². The van der Waals surface area contributed by atoms with Crippen molar-refractivity contribution in [1.29, 1.82) is 0 Å². The van der Waals surface area contributed by atoms with E-state index in [9.17, 15) is 0 Å². The third-order valence-corrected chi connectivity index (χ3v) is 15.0. The first-order valence-electron chi connectivity index (χ1n) is 26.6. The molecule has 0 unspecified atom stereocenters. The molecule has 0 N–H and O–H groups in total. The number of fused-ring (bicyclic) bond motifs is 3. The van der Waals surface area contributed by atoms with Crippen molar-refractivity contribution in [3.63, 3.8) is 0 Å². The molecule has 0 bridgehead atoms. The van der Waals surface area contributed by atoms with Crippen molar-refractivity contribution in [1.82, 2.24) is 19.9 Å². The van der Waals surface area contributed by atoms with Crippen LogP contribution in [0.15, 0.2) is 296 Å². The molecule has 14 rings (SSSR count). The van der Waals surface area contributed by atoms with Crippen molar-refractivity contribution in [3.05, 3.63) is 292 Å². The summed E-state index contributed by atoms with van der Waals surface area (Å²) >= 11 is 0. The first-order valence-corrected chi connectivity index (χ1v) is 26.6. The Hall–Kier alpha value is -10.6. The fourth-order valence-corrected chi connectivity index (χ4v) is 11.0. The second-order valence-corrected chi connectivity index (χ2v) is 19.8. The molecule has 5 heterocycles. The molecule has 5 nitrogen and oxygen atoms in total. The lowest BCUT2D eigenvalue weighted by molar-refractivity contribution is 0.668. The molecule has 0 aliphatic carbocycles. The molecule has 0 saturated heterocycles. The molecule has 0 radical (unpaired) electrons. The predicted octanol–water partition coefficient (Wildman–Crippen LogP) is 19.5. The maximum absolute atomic E-state index is 6.34. The molecule has 5 heteroatoms. The Balaban J connectivity index is 0.941. The highest BCUT2D eigenvalue weighted by Gasteiger charge is 2.20. The van der Waals surface area contributed by atoms with E-state index in [1.807, 2.05) is 42.9 Å². The lowest BCUT2D eigenvalue weighted by Gasteiger charge is -2.19. The number of pyridine rings is 4. The molecule has 0 aliphatic rings. The third-order valence-electron chi connectivity index (χ3n) is 15.0. The van der Waals surface area contributed by atoms with Gasteiger partial charge in [-0.15, -0.1) is 0 Å². The van der Waals surface area contributed by atoms with E-state index >= 15 is 0 Å². The number of hydrogen-bond acceptors (Lipinski definition) is 5. The summed E-state index contributed by atoms with van der Waals surface area (Å²) in [5.41, 5.74) is 25.6. The van der Waals surface area contributed by atoms with Crippen LogP contribution in [-0.2, 0) is 0 Å². The van der Waals surface area contributed by atoms with Crippen LogP contribution in [0.25, 0.3) is 145 Å². The minimum absolute atomic E-state index is 0.761. The van der Waals surface area contributed by atoms with Crippen LogP contribution in [0.3, 0.4) is 0 Å². The summed E-state index contributed by atoms with van der Waals surface area (Å²) in [4.78, 5) is 19.9. The average molecular weight is 1010 g/mol. The highest BCUT2D eigenvalue weighted by Crippen LogP contribution is 2.45. The number of nitrogens with zero attached hydrogens (tertiary/aromatic N) is 4. The molecular formula is C74H48N4O. The fourth-order valence-electron chi connectivity index (χ4n) is 11.0. The van der Waals surface area contributed by atoms with Crippen molar-refractivity contribution >= 4 is 22.1 Å². The van der Waals surface area contributed by atoms with Gasteiger partial charge >= 0.3 is 0 Å². The van der Waals surface area contributed by atoms with Crippen LogP contribution in [0.4, 0.5) is 0 Å². The van der Waals surface area contributed by atoms with E-state index < -0.39 is 0 Å². The van der Waals surface area contributed by atoms with Gasteiger partial charge in [-0.05, 0) is 133 Å². The maximum atomic E-state index is 6.34. The second-order valence-electron chi connectivity index (χ2n) is 19.8. The van der Waals surface area contributed by atoms with Gasteiger partial charge in [-0.3, -0.25) is 19.9 Å². The standard InChI is InChI=1S/C74H48N4O/c1-4-17-49(18-5-1)50-30-32-51(33-31-50)67-45-71(54-34-37-66-73(44-54)79-72-29-16-40-75-74(66)72)78-48-68(67)65-28-15-14-27-64(65)59-42-57(62-25-12-10-23-60(62)55-35-38-69(76-46-55)52-19-6-2-7-20-52)41-58(43-59)63-26-13-11-24-61(63)56-36-39-70(77-47-56)53-21-8-3-9-22-53/h1-48H. The quantitative estimate of drug-likeness (QED) is 0.129. The molecule has 370 valence electrons. The van der Waals surface area contributed by atoms with E-state index in [1.54, 1.807) is 6.20 Å². The number of hydrogen-bond donors (Lipinski definition) is 0. The van der Waals surface area contributed by atoms with E-state index in [2.05, 4.69) is 248 Å². The average Bonchev–Trinajstić information content (AvgIpc) is 4.01. The second kappa shape index (κ2) is 20.5. The number of rotatable bonds is 11. The molecule has 0 atom stereocenters. The number of aromatic nitrogens is 4. The molecule has 9 aromatic carbocycles. The van der Waals surface area contributed by atoms with Gasteiger partial charge in [0.25, 0.3) is 0 Å². The molecule has 0 fully saturated rings. The van der Waals surface area contributed by atoms with Crippen LogP contribution < -0.4 is 0 Å². The normalized spacial score (nSPS) is 11.3. The van der Waals surface area contributed by atoms with Gasteiger partial charge in [0.15, 0.2) is 5.58 Å². The lowest BCUT2D eigenvalue weighted by Crippen LogP contribution is -1.95. The molecule has 0 amide bonds. The first-order chi connectivity index (χ1) is 39.1. The molecule has 0 saturated carbocycles. The Morgan fingerprint density at radius 2 is 0.646 bits per heavy atom. The highest BCUT2D eigenvalue weighted by molar-refractivity contribution is 6.04. The summed E-state index contributed by atoms with van der Waals surface area (Å²) in [6, 6.07) is 94.2. The van der Waals surface area contributed by atoms with E-state index in [4.69, 9.17) is 19.4 Å². The van der Waals surface area contributed by atoms with Crippen LogP contribution in [0, 0.1) is 0 Å². The van der Waals surface area contributed by atoms with Crippen LogP contribution >= 0.6 is 0 Å². The molecule has 5 aromatic heterocycles. The Bertz CT molecular complexity index is 4350. The largest absolute Gasteiger partial charge is 0.454 e. The highest BCUT2D eigenvalue weighted by atomic mass is 16.3. The maximum Gasteiger partial charge on any atom is 0.153 e. The summed E-state index contributed by atoms with van der Waals surface area (Å²) in [5.74, 6) is 0. The lowest BCUT2D eigenvalue weighted by atomic mass is 9.85. The van der Waals surface area contributed by atoms with Gasteiger partial charge in [-0.1, -0.05) is 206 Å². The Kier molecular flexibility index (Phi) is 12.2. The summed E-state index contributed by atoms with van der Waals surface area (Å²) in [6.45, 7) is 0. The van der Waals surface area contributed by atoms with Crippen molar-refractivity contribution in [2.45, 2.75) is 0 Å². The number of benzene rings is 9. The zero-order valence-corrected chi connectivity index (χ0v) is 42.9. The van der Waals surface area contributed by atoms with Gasteiger partial charge in [0, 0.05) is 63.6 Å². The Labute approximate surface area is 458 Å². The van der Waals surface area contributed by atoms with Crippen molar-refractivity contribution in [3.8, 4) is 123 Å². The van der Waals surface area contributed by atoms with Gasteiger partial charge in [0.1, 0.15) is 11.1 Å². The number of furan rings is 1. The topological polar surface area (TPSA) is 64.7 Å². The molecule has 0 aliphatic heterocycles. The van der Waals surface area contributed by atoms with Crippen LogP contribution in [0.5, 0.6) is 0 Å². The summed E-state index contributed by atoms with van der Waals surface area (Å²) in [6.07, 6.45) is 7.85. The zero-order valence-electron chi connectivity index (χ0n) is 42.9. The zero-order chi connectivity index (χ0) is 52.5. The molecular weight excluding hydrogens is 961 g/mol. The van der Waals surface area contributed by atoms with Crippen molar-refractivity contribution < 1.29 is 4.42 Å². The van der Waals surface area contributed by atoms with E-state index in [0.29, 0.717) is 0 Å². The summed E-state index contributed by atoms with van der Waals surface area (Å²) < 4.78 is 6.34. The summed E-state index contributed by atoms with van der Waals surface area (Å²) in [7, 11) is 0. The van der Waals surface area contributed by atoms with Crippen LogP contribution in [0.2, 0.25) is 0 Å². The molecule has 79 heavy (non-hydrogen) atoms. The summed E-state index contributed by atoms with van der Waals surface area (Å²) in [5, 5.41) is 0.976. The molecule has 0 spiro atoms. The van der Waals surface area contributed by atoms with Gasteiger partial charge in [-0.2, -0.15) is 0 Å². The van der Waals surface area contributed by atoms with E-state index in [0.717, 1.165) is 139 Å². The predicted molar refractivity (Wildman–Crippen MR) is 325 cm³/mol. The van der Waals surface area contributed by atoms with Gasteiger partial charge in [0.05, 0.1) is 17.1 Å². The van der Waals surface area contributed by atoms with Crippen molar-refractivity contribution in [2.24, 2.45) is 0 Å². The first kappa shape index (κ1) is 46.9. The van der Waals surface area contributed by atoms with Crippen LogP contribution in [-0.4, -0.2) is 19.9 Å². The van der Waals surface area contributed by atoms with E-state index in [-0.39, 0.29) is 0 Å². The minimum Gasteiger partial charge on any atom is -0.454 e. The Morgan fingerprint density at radius 3 is 1.18 bits per heavy atom. The molecule has 14 aromatic rings. The SMILES string of the molecule is c1ccc(-c2ccc(-c3cc(-c4ccc5c(c4)oc4cccnc45)ncc3-c3ccccc3-c3cc(-c4ccccc4-c4ccc(-c5ccccc5)nc4)cc(-c4ccccc4-c4ccc(-c5ccccc5)nc4)c3)cc2)cc1. The smallest absolute Gasteiger partial charge is 0.153 e. The van der Waals surface area contributed by atoms with E-state index in [1.165, 1.54) is 5.56 Å². The minimum atomic E-state index is 0.761.